The second-order valence-corrected chi connectivity index (χ2v) is 3.00. The van der Waals surface area contributed by atoms with E-state index < -0.39 is 11.6 Å². The molecule has 0 unspecified atom stereocenters. The summed E-state index contributed by atoms with van der Waals surface area (Å²) in [6, 6.07) is 3.19. The molecular weight excluding hydrogens is 204 g/mol. The second-order valence-electron chi connectivity index (χ2n) is 3.00. The fourth-order valence-electron chi connectivity index (χ4n) is 1.23. The van der Waals surface area contributed by atoms with Gasteiger partial charge in [0.1, 0.15) is 11.6 Å². The smallest absolute Gasteiger partial charge is 0.260 e. The van der Waals surface area contributed by atoms with Crippen LogP contribution in [0.2, 0.25) is 0 Å². The van der Waals surface area contributed by atoms with Gasteiger partial charge in [-0.3, -0.25) is 0 Å². The third-order valence-corrected chi connectivity index (χ3v) is 1.76. The van der Waals surface area contributed by atoms with Crippen LogP contribution in [-0.4, -0.2) is 10.1 Å². The molecule has 0 bridgehead atoms. The first-order valence-electron chi connectivity index (χ1n) is 4.16. The number of nitrogens with two attached hydrogens (primary N) is 1. The quantitative estimate of drug-likeness (QED) is 0.817. The van der Waals surface area contributed by atoms with Crippen molar-refractivity contribution < 1.29 is 13.3 Å². The van der Waals surface area contributed by atoms with Crippen LogP contribution in [0.15, 0.2) is 22.7 Å². The predicted octanol–water partition coefficient (Wildman–Crippen LogP) is 1.52. The summed E-state index contributed by atoms with van der Waals surface area (Å²) in [6.45, 7) is 0. The standard InChI is InChI=1S/C9H7F2N3O/c10-6-1-5(2-7(11)4-6)3-8-13-9(12)14-15-8/h1-2,4H,3H2,(H2,12,14). The Morgan fingerprint density at radius 1 is 1.20 bits per heavy atom. The monoisotopic (exact) mass is 211 g/mol. The predicted molar refractivity (Wildman–Crippen MR) is 47.9 cm³/mol. The van der Waals surface area contributed by atoms with E-state index in [9.17, 15) is 8.78 Å². The third-order valence-electron chi connectivity index (χ3n) is 1.76. The first-order valence-corrected chi connectivity index (χ1v) is 4.16. The Labute approximate surface area is 83.7 Å². The first-order chi connectivity index (χ1) is 7.13. The topological polar surface area (TPSA) is 64.9 Å². The number of anilines is 1. The average Bonchev–Trinajstić information content (AvgIpc) is 2.49. The summed E-state index contributed by atoms with van der Waals surface area (Å²) >= 11 is 0. The van der Waals surface area contributed by atoms with Crippen LogP contribution in [0.4, 0.5) is 14.7 Å². The molecular formula is C9H7F2N3O. The number of halogens is 2. The van der Waals surface area contributed by atoms with Crippen molar-refractivity contribution in [3.63, 3.8) is 0 Å². The lowest BCUT2D eigenvalue weighted by Crippen LogP contribution is -1.92. The fraction of sp³-hybridized carbons (Fsp3) is 0.111. The van der Waals surface area contributed by atoms with E-state index in [2.05, 4.69) is 10.1 Å². The van der Waals surface area contributed by atoms with Crippen LogP contribution in [0.25, 0.3) is 0 Å². The van der Waals surface area contributed by atoms with Gasteiger partial charge in [0.15, 0.2) is 0 Å². The number of nitrogens with zero attached hydrogens (tertiary/aromatic N) is 2. The molecule has 0 saturated carbocycles. The summed E-state index contributed by atoms with van der Waals surface area (Å²) in [6.07, 6.45) is 0.152. The molecule has 2 N–H and O–H groups in total. The van der Waals surface area contributed by atoms with Crippen LogP contribution in [0.5, 0.6) is 0 Å². The van der Waals surface area contributed by atoms with Crippen LogP contribution in [-0.2, 0) is 6.42 Å². The molecule has 0 radical (unpaired) electrons. The van der Waals surface area contributed by atoms with E-state index >= 15 is 0 Å². The Kier molecular flexibility index (Phi) is 2.32. The van der Waals surface area contributed by atoms with Crippen LogP contribution in [0.1, 0.15) is 11.5 Å². The zero-order valence-electron chi connectivity index (χ0n) is 7.58. The molecule has 78 valence electrons. The SMILES string of the molecule is Nc1noc(Cc2cc(F)cc(F)c2)n1. The maximum absolute atomic E-state index is 12.8. The normalized spacial score (nSPS) is 10.5. The molecule has 6 heteroatoms. The highest BCUT2D eigenvalue weighted by Gasteiger charge is 2.07. The number of hydrogen-bond acceptors (Lipinski definition) is 4. The van der Waals surface area contributed by atoms with Crippen molar-refractivity contribution in [2.45, 2.75) is 6.42 Å². The highest BCUT2D eigenvalue weighted by atomic mass is 19.1. The Morgan fingerprint density at radius 2 is 1.87 bits per heavy atom. The molecule has 0 atom stereocenters. The maximum atomic E-state index is 12.8. The van der Waals surface area contributed by atoms with Gasteiger partial charge in [0.2, 0.25) is 5.89 Å². The lowest BCUT2D eigenvalue weighted by atomic mass is 10.1. The zero-order valence-corrected chi connectivity index (χ0v) is 7.58. The molecule has 0 fully saturated rings. The van der Waals surface area contributed by atoms with Gasteiger partial charge in [0.05, 0.1) is 6.42 Å². The highest BCUT2D eigenvalue weighted by molar-refractivity contribution is 5.22. The molecule has 0 spiro atoms. The van der Waals surface area contributed by atoms with E-state index in [1.54, 1.807) is 0 Å². The zero-order chi connectivity index (χ0) is 10.8. The molecule has 4 nitrogen and oxygen atoms in total. The van der Waals surface area contributed by atoms with Gasteiger partial charge in [-0.1, -0.05) is 0 Å². The Balaban J connectivity index is 2.24. The fourth-order valence-corrected chi connectivity index (χ4v) is 1.23. The van der Waals surface area contributed by atoms with E-state index in [1.165, 1.54) is 12.1 Å². The minimum Gasteiger partial charge on any atom is -0.365 e. The summed E-state index contributed by atoms with van der Waals surface area (Å²) in [5, 5.41) is 3.36. The molecule has 0 saturated heterocycles. The van der Waals surface area contributed by atoms with E-state index in [4.69, 9.17) is 10.3 Å². The lowest BCUT2D eigenvalue weighted by Gasteiger charge is -1.97. The number of rotatable bonds is 2. The molecule has 2 rings (SSSR count). The highest BCUT2D eigenvalue weighted by Crippen LogP contribution is 2.12. The number of aromatic nitrogens is 2. The van der Waals surface area contributed by atoms with Gasteiger partial charge in [0, 0.05) is 6.07 Å². The van der Waals surface area contributed by atoms with Crippen molar-refractivity contribution in [1.29, 1.82) is 0 Å². The molecule has 0 aliphatic carbocycles. The molecule has 2 aromatic rings. The van der Waals surface area contributed by atoms with Crippen molar-refractivity contribution in [1.82, 2.24) is 10.1 Å². The lowest BCUT2D eigenvalue weighted by molar-refractivity contribution is 0.386. The average molecular weight is 211 g/mol. The number of hydrogen-bond donors (Lipinski definition) is 1. The van der Waals surface area contributed by atoms with Crippen molar-refractivity contribution in [3.05, 3.63) is 41.3 Å². The van der Waals surface area contributed by atoms with E-state index in [-0.39, 0.29) is 18.3 Å². The largest absolute Gasteiger partial charge is 0.365 e. The van der Waals surface area contributed by atoms with E-state index in [0.717, 1.165) is 6.07 Å². The molecule has 0 amide bonds. The van der Waals surface area contributed by atoms with Gasteiger partial charge < -0.3 is 10.3 Å². The van der Waals surface area contributed by atoms with Gasteiger partial charge in [-0.15, -0.1) is 0 Å². The molecule has 15 heavy (non-hydrogen) atoms. The van der Waals surface area contributed by atoms with Crippen LogP contribution in [0.3, 0.4) is 0 Å². The van der Waals surface area contributed by atoms with Gasteiger partial charge >= 0.3 is 0 Å². The van der Waals surface area contributed by atoms with Crippen LogP contribution >= 0.6 is 0 Å². The van der Waals surface area contributed by atoms with Gasteiger partial charge in [-0.25, -0.2) is 8.78 Å². The van der Waals surface area contributed by atoms with Crippen molar-refractivity contribution >= 4 is 5.95 Å². The summed E-state index contributed by atoms with van der Waals surface area (Å²) in [4.78, 5) is 3.72. The van der Waals surface area contributed by atoms with Crippen LogP contribution < -0.4 is 5.73 Å². The summed E-state index contributed by atoms with van der Waals surface area (Å²) in [5.74, 6) is -1.06. The molecule has 1 aromatic carbocycles. The van der Waals surface area contributed by atoms with E-state index in [1.807, 2.05) is 0 Å². The van der Waals surface area contributed by atoms with Crippen molar-refractivity contribution in [3.8, 4) is 0 Å². The summed E-state index contributed by atoms with van der Waals surface area (Å²) in [5.41, 5.74) is 5.64. The Morgan fingerprint density at radius 3 is 2.40 bits per heavy atom. The van der Waals surface area contributed by atoms with Crippen LogP contribution in [0, 0.1) is 11.6 Å². The molecule has 0 aliphatic rings. The minimum atomic E-state index is -0.641. The van der Waals surface area contributed by atoms with Gasteiger partial charge in [0.25, 0.3) is 5.95 Å². The van der Waals surface area contributed by atoms with Crippen molar-refractivity contribution in [2.24, 2.45) is 0 Å². The number of benzene rings is 1. The summed E-state index contributed by atoms with van der Waals surface area (Å²) < 4.78 is 30.3. The second kappa shape index (κ2) is 3.64. The first kappa shape index (κ1) is 9.57. The molecule has 0 aliphatic heterocycles. The maximum Gasteiger partial charge on any atom is 0.260 e. The molecule has 1 heterocycles. The summed E-state index contributed by atoms with van der Waals surface area (Å²) in [7, 11) is 0. The van der Waals surface area contributed by atoms with Gasteiger partial charge in [-0.05, 0) is 22.9 Å². The Hall–Kier alpha value is -1.98. The number of nitrogen functional groups attached to an aromatic ring is 1. The Bertz CT molecular complexity index is 464. The third kappa shape index (κ3) is 2.28. The molecule has 1 aromatic heterocycles. The minimum absolute atomic E-state index is 0.00174. The van der Waals surface area contributed by atoms with Crippen molar-refractivity contribution in [2.75, 3.05) is 5.73 Å². The van der Waals surface area contributed by atoms with Gasteiger partial charge in [-0.2, -0.15) is 4.98 Å². The van der Waals surface area contributed by atoms with E-state index in [0.29, 0.717) is 5.56 Å².